The van der Waals surface area contributed by atoms with Crippen molar-refractivity contribution < 1.29 is 0 Å². The van der Waals surface area contributed by atoms with Gasteiger partial charge in [0.05, 0.1) is 11.1 Å². The van der Waals surface area contributed by atoms with E-state index in [1.54, 1.807) is 6.07 Å². The molecule has 0 amide bonds. The molecule has 13 heavy (non-hydrogen) atoms. The maximum absolute atomic E-state index is 8.70. The van der Waals surface area contributed by atoms with E-state index in [1.807, 2.05) is 30.3 Å². The number of rotatable bonds is 0. The second-order valence-corrected chi connectivity index (χ2v) is 2.99. The lowest BCUT2D eigenvalue weighted by atomic mass is 10.2. The minimum absolute atomic E-state index is 0.265. The van der Waals surface area contributed by atoms with E-state index in [0.717, 1.165) is 10.9 Å². The first-order chi connectivity index (χ1) is 6.31. The van der Waals surface area contributed by atoms with Gasteiger partial charge >= 0.3 is 0 Å². The van der Waals surface area contributed by atoms with Crippen LogP contribution in [-0.2, 0) is 0 Å². The first kappa shape index (κ1) is 8.03. The summed E-state index contributed by atoms with van der Waals surface area (Å²) in [6, 6.07) is 11.3. The van der Waals surface area contributed by atoms with Crippen LogP contribution in [0.15, 0.2) is 30.3 Å². The standard InChI is InChI=1S/C10H5ClN2/c11-10-8(6-12)5-7-3-1-2-4-9(7)13-10/h1-5H. The summed E-state index contributed by atoms with van der Waals surface area (Å²) in [4.78, 5) is 4.09. The summed E-state index contributed by atoms with van der Waals surface area (Å²) in [5, 5.41) is 9.90. The number of nitriles is 1. The van der Waals surface area contributed by atoms with Gasteiger partial charge in [0, 0.05) is 5.39 Å². The van der Waals surface area contributed by atoms with E-state index < -0.39 is 0 Å². The van der Waals surface area contributed by atoms with E-state index in [4.69, 9.17) is 16.9 Å². The summed E-state index contributed by atoms with van der Waals surface area (Å²) in [5.41, 5.74) is 1.23. The van der Waals surface area contributed by atoms with E-state index in [0.29, 0.717) is 5.56 Å². The van der Waals surface area contributed by atoms with Crippen LogP contribution in [0, 0.1) is 11.3 Å². The van der Waals surface area contributed by atoms with Gasteiger partial charge in [0.15, 0.2) is 0 Å². The van der Waals surface area contributed by atoms with E-state index in [-0.39, 0.29) is 5.15 Å². The third kappa shape index (κ3) is 1.34. The summed E-state index contributed by atoms with van der Waals surface area (Å²) >= 11 is 5.77. The van der Waals surface area contributed by atoms with Crippen molar-refractivity contribution in [2.24, 2.45) is 0 Å². The van der Waals surface area contributed by atoms with Crippen LogP contribution < -0.4 is 0 Å². The molecule has 3 heteroatoms. The SMILES string of the molecule is N#Cc1cc2ccccc2nc1Cl. The molecule has 0 N–H and O–H groups in total. The van der Waals surface area contributed by atoms with Crippen LogP contribution in [0.1, 0.15) is 5.56 Å². The lowest BCUT2D eigenvalue weighted by Gasteiger charge is -1.98. The van der Waals surface area contributed by atoms with Crippen LogP contribution >= 0.6 is 11.6 Å². The average Bonchev–Trinajstić information content (AvgIpc) is 2.17. The molecule has 0 saturated heterocycles. The van der Waals surface area contributed by atoms with E-state index in [2.05, 4.69) is 4.98 Å². The number of para-hydroxylation sites is 1. The van der Waals surface area contributed by atoms with Crippen LogP contribution in [-0.4, -0.2) is 4.98 Å². The Labute approximate surface area is 80.4 Å². The third-order valence-electron chi connectivity index (χ3n) is 1.80. The number of halogens is 1. The van der Waals surface area contributed by atoms with Gasteiger partial charge in [0.1, 0.15) is 11.2 Å². The highest BCUT2D eigenvalue weighted by Gasteiger charge is 2.02. The molecule has 0 atom stereocenters. The highest BCUT2D eigenvalue weighted by Crippen LogP contribution is 2.19. The predicted octanol–water partition coefficient (Wildman–Crippen LogP) is 2.76. The number of hydrogen-bond donors (Lipinski definition) is 0. The largest absolute Gasteiger partial charge is 0.235 e. The van der Waals surface area contributed by atoms with Gasteiger partial charge < -0.3 is 0 Å². The molecule has 0 bridgehead atoms. The van der Waals surface area contributed by atoms with Crippen molar-refractivity contribution in [3.63, 3.8) is 0 Å². The highest BCUT2D eigenvalue weighted by atomic mass is 35.5. The molecule has 0 fully saturated rings. The number of nitrogens with zero attached hydrogens (tertiary/aromatic N) is 2. The fraction of sp³-hybridized carbons (Fsp3) is 0. The van der Waals surface area contributed by atoms with Gasteiger partial charge in [0.2, 0.25) is 0 Å². The molecule has 0 aliphatic carbocycles. The van der Waals surface area contributed by atoms with Crippen LogP contribution in [0.4, 0.5) is 0 Å². The summed E-state index contributed by atoms with van der Waals surface area (Å²) in [5.74, 6) is 0. The van der Waals surface area contributed by atoms with Gasteiger partial charge in [-0.05, 0) is 12.1 Å². The fourth-order valence-corrected chi connectivity index (χ4v) is 1.36. The lowest BCUT2D eigenvalue weighted by Crippen LogP contribution is -1.84. The monoisotopic (exact) mass is 188 g/mol. The molecule has 2 nitrogen and oxygen atoms in total. The number of benzene rings is 1. The van der Waals surface area contributed by atoms with Gasteiger partial charge in [-0.25, -0.2) is 4.98 Å². The maximum atomic E-state index is 8.70. The van der Waals surface area contributed by atoms with Crippen molar-refractivity contribution in [3.8, 4) is 6.07 Å². The fourth-order valence-electron chi connectivity index (χ4n) is 1.17. The highest BCUT2D eigenvalue weighted by molar-refractivity contribution is 6.31. The summed E-state index contributed by atoms with van der Waals surface area (Å²) in [6.45, 7) is 0. The Morgan fingerprint density at radius 3 is 2.85 bits per heavy atom. The molecule has 1 aromatic heterocycles. The van der Waals surface area contributed by atoms with Crippen molar-refractivity contribution >= 4 is 22.5 Å². The molecule has 0 radical (unpaired) electrons. The molecule has 1 aromatic carbocycles. The van der Waals surface area contributed by atoms with Crippen molar-refractivity contribution in [3.05, 3.63) is 41.0 Å². The Balaban J connectivity index is 2.83. The predicted molar refractivity (Wildman–Crippen MR) is 51.5 cm³/mol. The lowest BCUT2D eigenvalue weighted by molar-refractivity contribution is 1.37. The molecular formula is C10H5ClN2. The number of pyridine rings is 1. The van der Waals surface area contributed by atoms with Crippen LogP contribution in [0.2, 0.25) is 5.15 Å². The quantitative estimate of drug-likeness (QED) is 0.596. The molecule has 0 aliphatic heterocycles. The molecule has 0 saturated carbocycles. The molecule has 2 aromatic rings. The Morgan fingerprint density at radius 2 is 2.08 bits per heavy atom. The molecular weight excluding hydrogens is 184 g/mol. The Hall–Kier alpha value is -1.59. The Kier molecular flexibility index (Phi) is 1.88. The van der Waals surface area contributed by atoms with Gasteiger partial charge in [-0.1, -0.05) is 29.8 Å². The zero-order valence-corrected chi connectivity index (χ0v) is 7.42. The van der Waals surface area contributed by atoms with Crippen LogP contribution in [0.3, 0.4) is 0 Å². The first-order valence-electron chi connectivity index (χ1n) is 3.76. The third-order valence-corrected chi connectivity index (χ3v) is 2.09. The smallest absolute Gasteiger partial charge is 0.147 e. The zero-order valence-electron chi connectivity index (χ0n) is 6.66. The summed E-state index contributed by atoms with van der Waals surface area (Å²) in [6.07, 6.45) is 0. The zero-order chi connectivity index (χ0) is 9.26. The molecule has 2 rings (SSSR count). The van der Waals surface area contributed by atoms with Crippen molar-refractivity contribution in [1.29, 1.82) is 5.26 Å². The van der Waals surface area contributed by atoms with Crippen LogP contribution in [0.25, 0.3) is 10.9 Å². The van der Waals surface area contributed by atoms with Crippen LogP contribution in [0.5, 0.6) is 0 Å². The Bertz CT molecular complexity index is 500. The maximum Gasteiger partial charge on any atom is 0.147 e. The number of aromatic nitrogens is 1. The van der Waals surface area contributed by atoms with Gasteiger partial charge in [-0.3, -0.25) is 0 Å². The van der Waals surface area contributed by atoms with E-state index in [1.165, 1.54) is 0 Å². The van der Waals surface area contributed by atoms with E-state index in [9.17, 15) is 0 Å². The van der Waals surface area contributed by atoms with E-state index >= 15 is 0 Å². The minimum atomic E-state index is 0.265. The average molecular weight is 189 g/mol. The second-order valence-electron chi connectivity index (χ2n) is 2.63. The van der Waals surface area contributed by atoms with Gasteiger partial charge in [-0.15, -0.1) is 0 Å². The minimum Gasteiger partial charge on any atom is -0.235 e. The number of hydrogen-bond acceptors (Lipinski definition) is 2. The number of fused-ring (bicyclic) bond motifs is 1. The normalized spacial score (nSPS) is 9.85. The molecule has 0 spiro atoms. The first-order valence-corrected chi connectivity index (χ1v) is 4.14. The second kappa shape index (κ2) is 3.04. The van der Waals surface area contributed by atoms with Gasteiger partial charge in [-0.2, -0.15) is 5.26 Å². The summed E-state index contributed by atoms with van der Waals surface area (Å²) in [7, 11) is 0. The van der Waals surface area contributed by atoms with Crippen molar-refractivity contribution in [2.45, 2.75) is 0 Å². The molecule has 0 aliphatic rings. The van der Waals surface area contributed by atoms with Crippen molar-refractivity contribution in [1.82, 2.24) is 4.98 Å². The van der Waals surface area contributed by atoms with Crippen molar-refractivity contribution in [2.75, 3.05) is 0 Å². The topological polar surface area (TPSA) is 36.7 Å². The molecule has 1 heterocycles. The summed E-state index contributed by atoms with van der Waals surface area (Å²) < 4.78 is 0. The Morgan fingerprint density at radius 1 is 1.31 bits per heavy atom. The molecule has 0 unspecified atom stereocenters. The van der Waals surface area contributed by atoms with Gasteiger partial charge in [0.25, 0.3) is 0 Å². The molecule has 62 valence electrons.